The number of nitrogens with two attached hydrogens (primary N) is 1. The number of methoxy groups -OCH3 is 1. The molecule has 0 unspecified atom stereocenters. The maximum Gasteiger partial charge on any atom is 0.273 e. The second kappa shape index (κ2) is 6.68. The lowest BCUT2D eigenvalue weighted by Crippen LogP contribution is -2.39. The normalized spacial score (nSPS) is 10.9. The van der Waals surface area contributed by atoms with Crippen LogP contribution in [0.2, 0.25) is 0 Å². The average Bonchev–Trinajstić information content (AvgIpc) is 2.77. The van der Waals surface area contributed by atoms with Gasteiger partial charge in [0.1, 0.15) is 10.7 Å². The zero-order valence-corrected chi connectivity index (χ0v) is 11.3. The van der Waals surface area contributed by atoms with Crippen molar-refractivity contribution in [1.82, 2.24) is 9.88 Å². The lowest BCUT2D eigenvalue weighted by Gasteiger charge is -2.25. The van der Waals surface area contributed by atoms with Gasteiger partial charge in [-0.3, -0.25) is 4.79 Å². The molecule has 0 radical (unpaired) electrons. The van der Waals surface area contributed by atoms with Crippen molar-refractivity contribution in [1.29, 1.82) is 0 Å². The lowest BCUT2D eigenvalue weighted by molar-refractivity contribution is 0.0630. The summed E-state index contributed by atoms with van der Waals surface area (Å²) in [6.07, 6.45) is 0. The molecule has 1 heterocycles. The third-order valence-corrected chi connectivity index (χ3v) is 3.24. The van der Waals surface area contributed by atoms with Crippen LogP contribution < -0.4 is 5.73 Å². The van der Waals surface area contributed by atoms with Gasteiger partial charge in [0, 0.05) is 31.6 Å². The number of nitrogens with zero attached hydrogens (tertiary/aromatic N) is 2. The zero-order valence-electron chi connectivity index (χ0n) is 10.5. The maximum atomic E-state index is 12.2. The molecule has 96 valence electrons. The monoisotopic (exact) mass is 257 g/mol. The lowest BCUT2D eigenvalue weighted by atomic mass is 10.3. The van der Waals surface area contributed by atoms with Gasteiger partial charge in [0.2, 0.25) is 0 Å². The van der Waals surface area contributed by atoms with E-state index in [-0.39, 0.29) is 11.9 Å². The molecule has 0 bridgehead atoms. The SMILES string of the molecule is COCCN(C(=O)c1csc(CN)n1)C(C)C. The van der Waals surface area contributed by atoms with Crippen molar-refractivity contribution >= 4 is 17.2 Å². The highest BCUT2D eigenvalue weighted by Gasteiger charge is 2.20. The van der Waals surface area contributed by atoms with Gasteiger partial charge in [-0.1, -0.05) is 0 Å². The number of carbonyl (C=O) groups is 1. The second-order valence-corrected chi connectivity index (χ2v) is 4.86. The van der Waals surface area contributed by atoms with Gasteiger partial charge in [0.25, 0.3) is 5.91 Å². The van der Waals surface area contributed by atoms with Crippen molar-refractivity contribution in [2.24, 2.45) is 5.73 Å². The first-order chi connectivity index (χ1) is 8.10. The van der Waals surface area contributed by atoms with E-state index in [1.54, 1.807) is 17.4 Å². The third kappa shape index (κ3) is 3.76. The molecule has 6 heteroatoms. The van der Waals surface area contributed by atoms with Crippen molar-refractivity contribution in [3.8, 4) is 0 Å². The zero-order chi connectivity index (χ0) is 12.8. The number of ether oxygens (including phenoxy) is 1. The van der Waals surface area contributed by atoms with Crippen molar-refractivity contribution in [2.75, 3.05) is 20.3 Å². The highest BCUT2D eigenvalue weighted by Crippen LogP contribution is 2.12. The summed E-state index contributed by atoms with van der Waals surface area (Å²) < 4.78 is 5.00. The smallest absolute Gasteiger partial charge is 0.273 e. The summed E-state index contributed by atoms with van der Waals surface area (Å²) in [5.41, 5.74) is 5.95. The van der Waals surface area contributed by atoms with Crippen LogP contribution in [0.3, 0.4) is 0 Å². The first-order valence-corrected chi connectivity index (χ1v) is 6.42. The fraction of sp³-hybridized carbons (Fsp3) is 0.636. The van der Waals surface area contributed by atoms with E-state index >= 15 is 0 Å². The van der Waals surface area contributed by atoms with E-state index < -0.39 is 0 Å². The van der Waals surface area contributed by atoms with E-state index in [9.17, 15) is 4.79 Å². The summed E-state index contributed by atoms with van der Waals surface area (Å²) in [4.78, 5) is 18.1. The highest BCUT2D eigenvalue weighted by molar-refractivity contribution is 7.09. The van der Waals surface area contributed by atoms with E-state index in [4.69, 9.17) is 10.5 Å². The van der Waals surface area contributed by atoms with Crippen LogP contribution in [0.25, 0.3) is 0 Å². The van der Waals surface area contributed by atoms with Crippen LogP contribution in [-0.4, -0.2) is 42.1 Å². The molecular formula is C11H19N3O2S. The molecule has 0 aliphatic heterocycles. The first kappa shape index (κ1) is 14.1. The van der Waals surface area contributed by atoms with Gasteiger partial charge in [-0.05, 0) is 13.8 Å². The van der Waals surface area contributed by atoms with Crippen LogP contribution in [0.1, 0.15) is 29.3 Å². The summed E-state index contributed by atoms with van der Waals surface area (Å²) in [7, 11) is 1.62. The quantitative estimate of drug-likeness (QED) is 0.828. The molecule has 0 spiro atoms. The number of aromatic nitrogens is 1. The summed E-state index contributed by atoms with van der Waals surface area (Å²) in [6, 6.07) is 0.126. The molecule has 0 aliphatic rings. The predicted molar refractivity (Wildman–Crippen MR) is 68.1 cm³/mol. The fourth-order valence-corrected chi connectivity index (χ4v) is 2.08. The number of carbonyl (C=O) groups excluding carboxylic acids is 1. The van der Waals surface area contributed by atoms with Gasteiger partial charge in [0.05, 0.1) is 6.61 Å². The molecule has 0 saturated carbocycles. The molecule has 1 aromatic heterocycles. The standard InChI is InChI=1S/C11H19N3O2S/c1-8(2)14(4-5-16-3)11(15)9-7-17-10(6-12)13-9/h7-8H,4-6,12H2,1-3H3. The molecule has 1 aromatic rings. The van der Waals surface area contributed by atoms with Crippen molar-refractivity contribution in [3.63, 3.8) is 0 Å². The van der Waals surface area contributed by atoms with Crippen LogP contribution in [-0.2, 0) is 11.3 Å². The van der Waals surface area contributed by atoms with Gasteiger partial charge in [0.15, 0.2) is 0 Å². The fourth-order valence-electron chi connectivity index (χ4n) is 1.43. The minimum atomic E-state index is -0.0620. The molecule has 0 atom stereocenters. The highest BCUT2D eigenvalue weighted by atomic mass is 32.1. The Hall–Kier alpha value is -0.980. The summed E-state index contributed by atoms with van der Waals surface area (Å²) in [5.74, 6) is -0.0620. The van der Waals surface area contributed by atoms with Crippen LogP contribution in [0, 0.1) is 0 Å². The summed E-state index contributed by atoms with van der Waals surface area (Å²) >= 11 is 1.42. The number of hydrogen-bond acceptors (Lipinski definition) is 5. The molecule has 1 amide bonds. The van der Waals surface area contributed by atoms with E-state index in [2.05, 4.69) is 4.98 Å². The maximum absolute atomic E-state index is 12.2. The Labute approximate surface area is 106 Å². The minimum Gasteiger partial charge on any atom is -0.383 e. The molecule has 0 aliphatic carbocycles. The number of rotatable bonds is 6. The number of hydrogen-bond donors (Lipinski definition) is 1. The summed E-state index contributed by atoms with van der Waals surface area (Å²) in [5, 5.41) is 2.54. The molecule has 0 fully saturated rings. The minimum absolute atomic E-state index is 0.0620. The Balaban J connectivity index is 2.76. The molecule has 0 saturated heterocycles. The molecule has 1 rings (SSSR count). The van der Waals surface area contributed by atoms with Gasteiger partial charge in [-0.25, -0.2) is 4.98 Å². The van der Waals surface area contributed by atoms with E-state index in [1.165, 1.54) is 11.3 Å². The van der Waals surface area contributed by atoms with Crippen LogP contribution in [0.15, 0.2) is 5.38 Å². The van der Waals surface area contributed by atoms with E-state index in [0.717, 1.165) is 5.01 Å². The number of thiazole rings is 1. The molecule has 5 nitrogen and oxygen atoms in total. The van der Waals surface area contributed by atoms with Gasteiger partial charge < -0.3 is 15.4 Å². The van der Waals surface area contributed by atoms with Crippen LogP contribution in [0.5, 0.6) is 0 Å². The Kier molecular flexibility index (Phi) is 5.54. The molecule has 17 heavy (non-hydrogen) atoms. The Morgan fingerprint density at radius 3 is 2.82 bits per heavy atom. The van der Waals surface area contributed by atoms with Gasteiger partial charge >= 0.3 is 0 Å². The largest absolute Gasteiger partial charge is 0.383 e. The Bertz CT molecular complexity index is 365. The van der Waals surface area contributed by atoms with Crippen LogP contribution in [0.4, 0.5) is 0 Å². The predicted octanol–water partition coefficient (Wildman–Crippen LogP) is 1.10. The summed E-state index contributed by atoms with van der Waals surface area (Å²) in [6.45, 7) is 5.42. The molecule has 0 aromatic carbocycles. The van der Waals surface area contributed by atoms with Gasteiger partial charge in [-0.2, -0.15) is 0 Å². The van der Waals surface area contributed by atoms with Gasteiger partial charge in [-0.15, -0.1) is 11.3 Å². The van der Waals surface area contributed by atoms with E-state index in [1.807, 2.05) is 13.8 Å². The second-order valence-electron chi connectivity index (χ2n) is 3.92. The molecular weight excluding hydrogens is 238 g/mol. The molecule has 2 N–H and O–H groups in total. The van der Waals surface area contributed by atoms with Crippen molar-refractivity contribution < 1.29 is 9.53 Å². The first-order valence-electron chi connectivity index (χ1n) is 5.54. The van der Waals surface area contributed by atoms with Crippen molar-refractivity contribution in [3.05, 3.63) is 16.1 Å². The topological polar surface area (TPSA) is 68.5 Å². The number of amides is 1. The van der Waals surface area contributed by atoms with E-state index in [0.29, 0.717) is 25.4 Å². The average molecular weight is 257 g/mol. The van der Waals surface area contributed by atoms with Crippen LogP contribution >= 0.6 is 11.3 Å². The third-order valence-electron chi connectivity index (χ3n) is 2.37. The Morgan fingerprint density at radius 1 is 1.65 bits per heavy atom. The van der Waals surface area contributed by atoms with Crippen molar-refractivity contribution in [2.45, 2.75) is 26.4 Å². The Morgan fingerprint density at radius 2 is 2.35 bits per heavy atom.